The van der Waals surface area contributed by atoms with Crippen molar-refractivity contribution in [2.24, 2.45) is 0 Å². The first kappa shape index (κ1) is 19.9. The molecule has 30 heavy (non-hydrogen) atoms. The molecule has 0 fully saturated rings. The first-order chi connectivity index (χ1) is 14.6. The molecule has 4 nitrogen and oxygen atoms in total. The average molecular weight is 461 g/mol. The number of ketones is 2. The van der Waals surface area contributed by atoms with Gasteiger partial charge in [-0.3, -0.25) is 9.59 Å². The molecular formula is C25H17BrO4. The van der Waals surface area contributed by atoms with Gasteiger partial charge in [-0.1, -0.05) is 70.5 Å². The highest BCUT2D eigenvalue weighted by Gasteiger charge is 2.27. The lowest BCUT2D eigenvalue weighted by atomic mass is 10.1. The highest BCUT2D eigenvalue weighted by Crippen LogP contribution is 2.34. The van der Waals surface area contributed by atoms with Gasteiger partial charge in [0.15, 0.2) is 18.1 Å². The van der Waals surface area contributed by atoms with Crippen LogP contribution in [0.3, 0.4) is 0 Å². The van der Waals surface area contributed by atoms with Gasteiger partial charge in [0.1, 0.15) is 11.5 Å². The number of hydrogen-bond acceptors (Lipinski definition) is 4. The third-order valence-corrected chi connectivity index (χ3v) is 5.04. The molecule has 0 saturated carbocycles. The smallest absolute Gasteiger partial charge is 0.231 e. The maximum atomic E-state index is 12.5. The average Bonchev–Trinajstić information content (AvgIpc) is 3.08. The van der Waals surface area contributed by atoms with Crippen LogP contribution in [0.2, 0.25) is 0 Å². The van der Waals surface area contributed by atoms with Gasteiger partial charge in [0.25, 0.3) is 0 Å². The van der Waals surface area contributed by atoms with Gasteiger partial charge in [0, 0.05) is 16.1 Å². The monoisotopic (exact) mass is 460 g/mol. The predicted octanol–water partition coefficient (Wildman–Crippen LogP) is 5.88. The van der Waals surface area contributed by atoms with E-state index >= 15 is 0 Å². The molecule has 0 saturated heterocycles. The predicted molar refractivity (Wildman–Crippen MR) is 119 cm³/mol. The number of carbonyl (C=O) groups is 2. The largest absolute Gasteiger partial charge is 0.485 e. The number of carbonyl (C=O) groups excluding carboxylic acids is 2. The van der Waals surface area contributed by atoms with Crippen molar-refractivity contribution in [3.05, 3.63) is 112 Å². The molecule has 0 radical (unpaired) electrons. The molecule has 0 atom stereocenters. The zero-order valence-corrected chi connectivity index (χ0v) is 17.5. The van der Waals surface area contributed by atoms with Gasteiger partial charge in [-0.05, 0) is 35.9 Å². The minimum atomic E-state index is -0.180. The molecule has 0 aliphatic carbocycles. The van der Waals surface area contributed by atoms with E-state index in [0.29, 0.717) is 22.6 Å². The number of allylic oxidation sites excluding steroid dienone is 3. The minimum Gasteiger partial charge on any atom is -0.485 e. The summed E-state index contributed by atoms with van der Waals surface area (Å²) >= 11 is 3.34. The molecule has 4 rings (SSSR count). The van der Waals surface area contributed by atoms with Crippen molar-refractivity contribution < 1.29 is 19.1 Å². The van der Waals surface area contributed by atoms with Gasteiger partial charge in [0.2, 0.25) is 5.78 Å². The van der Waals surface area contributed by atoms with Crippen LogP contribution in [0, 0.1) is 0 Å². The molecule has 0 spiro atoms. The van der Waals surface area contributed by atoms with Crippen LogP contribution < -0.4 is 9.47 Å². The first-order valence-corrected chi connectivity index (χ1v) is 10.1. The summed E-state index contributed by atoms with van der Waals surface area (Å²) in [5, 5.41) is 0. The second-order valence-electron chi connectivity index (χ2n) is 6.61. The lowest BCUT2D eigenvalue weighted by Crippen LogP contribution is -2.11. The summed E-state index contributed by atoms with van der Waals surface area (Å²) in [6, 6.07) is 21.8. The minimum absolute atomic E-state index is 0.100. The molecular weight excluding hydrogens is 444 g/mol. The molecule has 0 bridgehead atoms. The zero-order valence-electron chi connectivity index (χ0n) is 15.9. The SMILES string of the molecule is O=C(COc1ccc2c(c1)OC(=CC=Cc1ccccc1)C2=O)c1ccc(Br)cc1. The van der Waals surface area contributed by atoms with Gasteiger partial charge < -0.3 is 9.47 Å². The lowest BCUT2D eigenvalue weighted by Gasteiger charge is -2.07. The van der Waals surface area contributed by atoms with Crippen molar-refractivity contribution in [3.63, 3.8) is 0 Å². The molecule has 0 amide bonds. The molecule has 1 aliphatic heterocycles. The number of Topliss-reactive ketones (excluding diaryl/α,β-unsaturated/α-hetero) is 2. The molecule has 0 aromatic heterocycles. The Morgan fingerprint density at radius 2 is 1.77 bits per heavy atom. The van der Waals surface area contributed by atoms with Crippen LogP contribution in [0.4, 0.5) is 0 Å². The Kier molecular flexibility index (Phi) is 5.91. The summed E-state index contributed by atoms with van der Waals surface area (Å²) in [5.41, 5.74) is 2.07. The van der Waals surface area contributed by atoms with E-state index in [2.05, 4.69) is 15.9 Å². The summed E-state index contributed by atoms with van der Waals surface area (Å²) in [4.78, 5) is 24.8. The molecule has 1 aliphatic rings. The summed E-state index contributed by atoms with van der Waals surface area (Å²) < 4.78 is 12.2. The second kappa shape index (κ2) is 8.93. The molecule has 5 heteroatoms. The summed E-state index contributed by atoms with van der Waals surface area (Å²) in [6.07, 6.45) is 5.32. The summed E-state index contributed by atoms with van der Waals surface area (Å²) in [7, 11) is 0. The normalized spacial score (nSPS) is 14.0. The van der Waals surface area contributed by atoms with Crippen LogP contribution in [0.25, 0.3) is 6.08 Å². The van der Waals surface area contributed by atoms with E-state index in [1.807, 2.05) is 48.5 Å². The quantitative estimate of drug-likeness (QED) is 0.340. The van der Waals surface area contributed by atoms with Crippen LogP contribution in [0.15, 0.2) is 95.2 Å². The van der Waals surface area contributed by atoms with Crippen molar-refractivity contribution in [1.29, 1.82) is 0 Å². The summed E-state index contributed by atoms with van der Waals surface area (Å²) in [6.45, 7) is -0.100. The Balaban J connectivity index is 1.41. The fraction of sp³-hybridized carbons (Fsp3) is 0.0400. The number of ether oxygens (including phenoxy) is 2. The van der Waals surface area contributed by atoms with E-state index in [1.165, 1.54) is 0 Å². The van der Waals surface area contributed by atoms with Gasteiger partial charge in [0.05, 0.1) is 5.56 Å². The first-order valence-electron chi connectivity index (χ1n) is 9.32. The Morgan fingerprint density at radius 3 is 2.53 bits per heavy atom. The zero-order chi connectivity index (χ0) is 20.9. The highest BCUT2D eigenvalue weighted by molar-refractivity contribution is 9.10. The maximum Gasteiger partial charge on any atom is 0.231 e. The number of fused-ring (bicyclic) bond motifs is 1. The van der Waals surface area contributed by atoms with Gasteiger partial charge in [-0.2, -0.15) is 0 Å². The fourth-order valence-corrected chi connectivity index (χ4v) is 3.21. The Bertz CT molecular complexity index is 1150. The third-order valence-electron chi connectivity index (χ3n) is 4.51. The van der Waals surface area contributed by atoms with Crippen LogP contribution in [0.5, 0.6) is 11.5 Å². The number of rotatable bonds is 6. The highest BCUT2D eigenvalue weighted by atomic mass is 79.9. The Morgan fingerprint density at radius 1 is 1.00 bits per heavy atom. The second-order valence-corrected chi connectivity index (χ2v) is 7.52. The topological polar surface area (TPSA) is 52.6 Å². The number of benzene rings is 3. The molecule has 3 aromatic rings. The Hall–Kier alpha value is -3.44. The lowest BCUT2D eigenvalue weighted by molar-refractivity contribution is 0.0921. The van der Waals surface area contributed by atoms with E-state index in [-0.39, 0.29) is 23.9 Å². The van der Waals surface area contributed by atoms with E-state index in [0.717, 1.165) is 10.0 Å². The van der Waals surface area contributed by atoms with E-state index in [9.17, 15) is 9.59 Å². The van der Waals surface area contributed by atoms with Crippen molar-refractivity contribution in [2.45, 2.75) is 0 Å². The maximum absolute atomic E-state index is 12.5. The van der Waals surface area contributed by atoms with Crippen LogP contribution >= 0.6 is 15.9 Å². The van der Waals surface area contributed by atoms with Crippen LogP contribution in [-0.4, -0.2) is 18.2 Å². The summed E-state index contributed by atoms with van der Waals surface area (Å²) in [5.74, 6) is 0.827. The molecule has 0 unspecified atom stereocenters. The van der Waals surface area contributed by atoms with E-state index < -0.39 is 0 Å². The van der Waals surface area contributed by atoms with E-state index in [1.54, 1.807) is 42.5 Å². The van der Waals surface area contributed by atoms with Crippen molar-refractivity contribution in [1.82, 2.24) is 0 Å². The number of hydrogen-bond donors (Lipinski definition) is 0. The number of halogens is 1. The standard InChI is InChI=1S/C25H17BrO4/c26-19-11-9-18(10-12-19)22(27)16-29-20-13-14-21-24(15-20)30-23(25(21)28)8-4-7-17-5-2-1-3-6-17/h1-15H,16H2. The van der Waals surface area contributed by atoms with Crippen molar-refractivity contribution in [2.75, 3.05) is 6.61 Å². The van der Waals surface area contributed by atoms with Crippen LogP contribution in [-0.2, 0) is 0 Å². The van der Waals surface area contributed by atoms with E-state index in [4.69, 9.17) is 9.47 Å². The van der Waals surface area contributed by atoms with Crippen LogP contribution in [0.1, 0.15) is 26.3 Å². The Labute approximate surface area is 182 Å². The third kappa shape index (κ3) is 4.58. The molecule has 148 valence electrons. The fourth-order valence-electron chi connectivity index (χ4n) is 2.95. The van der Waals surface area contributed by atoms with Gasteiger partial charge >= 0.3 is 0 Å². The van der Waals surface area contributed by atoms with Crippen molar-refractivity contribution >= 4 is 33.6 Å². The molecule has 3 aromatic carbocycles. The van der Waals surface area contributed by atoms with Crippen molar-refractivity contribution in [3.8, 4) is 11.5 Å². The van der Waals surface area contributed by atoms with Gasteiger partial charge in [-0.25, -0.2) is 0 Å². The van der Waals surface area contributed by atoms with Gasteiger partial charge in [-0.15, -0.1) is 0 Å². The molecule has 1 heterocycles. The molecule has 0 N–H and O–H groups in total.